The third kappa shape index (κ3) is 5.76. The minimum absolute atomic E-state index is 0.0124. The van der Waals surface area contributed by atoms with E-state index in [0.29, 0.717) is 26.6 Å². The van der Waals surface area contributed by atoms with Crippen LogP contribution in [0.25, 0.3) is 6.08 Å². The number of benzene rings is 2. The minimum atomic E-state index is -0.666. The van der Waals surface area contributed by atoms with Gasteiger partial charge in [0, 0.05) is 9.50 Å². The summed E-state index contributed by atoms with van der Waals surface area (Å²) in [6, 6.07) is 11.0. The molecule has 3 amide bonds. The molecule has 0 bridgehead atoms. The molecule has 4 rings (SSSR count). The summed E-state index contributed by atoms with van der Waals surface area (Å²) < 4.78 is 21.7. The van der Waals surface area contributed by atoms with Crippen LogP contribution in [-0.4, -0.2) is 37.0 Å². The van der Waals surface area contributed by atoms with Crippen LogP contribution in [0, 0.1) is 0 Å². The Labute approximate surface area is 230 Å². The van der Waals surface area contributed by atoms with Gasteiger partial charge in [-0.3, -0.25) is 9.69 Å². The van der Waals surface area contributed by atoms with E-state index < -0.39 is 17.9 Å². The molecule has 2 heterocycles. The van der Waals surface area contributed by atoms with Crippen LogP contribution in [0.5, 0.6) is 11.5 Å². The summed E-state index contributed by atoms with van der Waals surface area (Å²) >= 11 is 15.9. The molecule has 0 atom stereocenters. The van der Waals surface area contributed by atoms with E-state index in [4.69, 9.17) is 37.1 Å². The van der Waals surface area contributed by atoms with E-state index in [0.717, 1.165) is 10.5 Å². The maximum atomic E-state index is 12.9. The number of furan rings is 1. The monoisotopic (exact) mass is 608 g/mol. The van der Waals surface area contributed by atoms with Crippen molar-refractivity contribution in [3.8, 4) is 11.5 Å². The molecule has 9 nitrogen and oxygen atoms in total. The van der Waals surface area contributed by atoms with E-state index in [1.807, 2.05) is 12.1 Å². The van der Waals surface area contributed by atoms with Gasteiger partial charge in [-0.15, -0.1) is 0 Å². The number of hydrogen-bond acceptors (Lipinski definition) is 7. The number of esters is 1. The average molecular weight is 610 g/mol. The van der Waals surface area contributed by atoms with Gasteiger partial charge in [-0.2, -0.15) is 0 Å². The van der Waals surface area contributed by atoms with E-state index in [-0.39, 0.29) is 35.4 Å². The molecule has 3 aromatic rings. The summed E-state index contributed by atoms with van der Waals surface area (Å²) in [5.41, 5.74) is 1.36. The van der Waals surface area contributed by atoms with Gasteiger partial charge in [0.05, 0.1) is 20.8 Å². The van der Waals surface area contributed by atoms with Crippen molar-refractivity contribution < 1.29 is 33.0 Å². The third-order valence-electron chi connectivity index (χ3n) is 5.30. The number of rotatable bonds is 8. The smallest absolute Gasteiger partial charge is 0.373 e. The first-order chi connectivity index (χ1) is 17.7. The number of urea groups is 1. The van der Waals surface area contributed by atoms with Crippen molar-refractivity contribution in [1.29, 1.82) is 0 Å². The van der Waals surface area contributed by atoms with Gasteiger partial charge in [0.1, 0.15) is 23.1 Å². The summed E-state index contributed by atoms with van der Waals surface area (Å²) in [5.74, 6) is -0.432. The van der Waals surface area contributed by atoms with Gasteiger partial charge in [0.15, 0.2) is 11.5 Å². The number of nitrogens with zero attached hydrogens (tertiary/aromatic N) is 1. The quantitative estimate of drug-likeness (QED) is 0.195. The van der Waals surface area contributed by atoms with E-state index in [1.54, 1.807) is 18.2 Å². The fraction of sp³-hybridized carbons (Fsp3) is 0.160. The molecule has 1 fully saturated rings. The highest BCUT2D eigenvalue weighted by atomic mass is 79.9. The zero-order valence-corrected chi connectivity index (χ0v) is 22.6. The Morgan fingerprint density at radius 2 is 1.86 bits per heavy atom. The van der Waals surface area contributed by atoms with Crippen molar-refractivity contribution in [3.63, 3.8) is 0 Å². The molecular weight excluding hydrogens is 591 g/mol. The lowest BCUT2D eigenvalue weighted by molar-refractivity contribution is -0.123. The summed E-state index contributed by atoms with van der Waals surface area (Å²) in [7, 11) is 2.68. The summed E-state index contributed by atoms with van der Waals surface area (Å²) in [6.07, 6.45) is 1.46. The van der Waals surface area contributed by atoms with Gasteiger partial charge in [0.25, 0.3) is 5.91 Å². The number of amides is 3. The first-order valence-electron chi connectivity index (χ1n) is 10.7. The number of carbonyl (C=O) groups excluding carboxylic acids is 3. The molecule has 1 saturated heterocycles. The molecule has 1 N–H and O–H groups in total. The minimum Gasteiger partial charge on any atom is -0.493 e. The molecule has 2 aromatic carbocycles. The van der Waals surface area contributed by atoms with Crippen LogP contribution in [0.2, 0.25) is 10.0 Å². The number of halogens is 3. The highest BCUT2D eigenvalue weighted by molar-refractivity contribution is 9.10. The number of ether oxygens (including phenoxy) is 3. The highest BCUT2D eigenvalue weighted by Crippen LogP contribution is 2.43. The molecule has 0 unspecified atom stereocenters. The van der Waals surface area contributed by atoms with Gasteiger partial charge in [-0.1, -0.05) is 35.3 Å². The Balaban J connectivity index is 1.55. The van der Waals surface area contributed by atoms with E-state index in [9.17, 15) is 14.4 Å². The molecule has 1 aliphatic heterocycles. The first-order valence-corrected chi connectivity index (χ1v) is 12.2. The molecule has 1 aromatic heterocycles. The second-order valence-corrected chi connectivity index (χ2v) is 9.28. The molecule has 12 heteroatoms. The van der Waals surface area contributed by atoms with Crippen molar-refractivity contribution in [1.82, 2.24) is 10.2 Å². The Morgan fingerprint density at radius 3 is 2.54 bits per heavy atom. The fourth-order valence-corrected chi connectivity index (χ4v) is 4.22. The van der Waals surface area contributed by atoms with Crippen LogP contribution in [0.15, 0.2) is 57.1 Å². The van der Waals surface area contributed by atoms with Crippen molar-refractivity contribution in [3.05, 3.63) is 85.3 Å². The van der Waals surface area contributed by atoms with E-state index in [2.05, 4.69) is 26.0 Å². The van der Waals surface area contributed by atoms with E-state index >= 15 is 0 Å². The Morgan fingerprint density at radius 1 is 1.14 bits per heavy atom. The number of nitrogens with one attached hydrogen (secondary N) is 1. The molecule has 0 radical (unpaired) electrons. The zero-order chi connectivity index (χ0) is 26.7. The summed E-state index contributed by atoms with van der Waals surface area (Å²) in [6.45, 7) is 0.0375. The molecular formula is C25H19BrCl2N2O7. The largest absolute Gasteiger partial charge is 0.493 e. The second kappa shape index (κ2) is 11.3. The summed E-state index contributed by atoms with van der Waals surface area (Å²) in [4.78, 5) is 38.0. The molecule has 0 spiro atoms. The lowest BCUT2D eigenvalue weighted by atomic mass is 10.1. The lowest BCUT2D eigenvalue weighted by Crippen LogP contribution is -2.30. The fourth-order valence-electron chi connectivity index (χ4n) is 3.43. The number of hydrogen-bond donors (Lipinski definition) is 1. The Hall–Kier alpha value is -3.47. The first kappa shape index (κ1) is 26.6. The van der Waals surface area contributed by atoms with Gasteiger partial charge in [-0.05, 0) is 63.5 Å². The van der Waals surface area contributed by atoms with Crippen molar-refractivity contribution in [2.75, 3.05) is 14.2 Å². The van der Waals surface area contributed by atoms with Gasteiger partial charge in [-0.25, -0.2) is 9.59 Å². The molecule has 192 valence electrons. The van der Waals surface area contributed by atoms with Gasteiger partial charge in [0.2, 0.25) is 5.76 Å². The second-order valence-electron chi connectivity index (χ2n) is 7.68. The molecule has 0 saturated carbocycles. The number of methoxy groups -OCH3 is 2. The maximum absolute atomic E-state index is 12.9. The van der Waals surface area contributed by atoms with Crippen LogP contribution in [0.4, 0.5) is 4.79 Å². The standard InChI is InChI=1S/C25H19BrCl2N2O7/c1-34-19-10-14(20(26)21(28)22(19)36-12-13-3-5-15(27)6-4-13)9-17-23(31)30(25(33)29-17)11-16-7-8-18(37-16)24(32)35-2/h3-10H,11-12H2,1-2H3,(H,29,33)/b17-9-. The third-order valence-corrected chi connectivity index (χ3v) is 6.99. The van der Waals surface area contributed by atoms with Crippen LogP contribution in [0.1, 0.15) is 27.4 Å². The number of imide groups is 1. The topological polar surface area (TPSA) is 107 Å². The molecule has 1 aliphatic rings. The summed E-state index contributed by atoms with van der Waals surface area (Å²) in [5, 5.41) is 3.37. The van der Waals surface area contributed by atoms with Gasteiger partial charge >= 0.3 is 12.0 Å². The number of carbonyl (C=O) groups is 3. The zero-order valence-electron chi connectivity index (χ0n) is 19.5. The SMILES string of the molecule is COC(=O)c1ccc(CN2C(=O)N/C(=C\c3cc(OC)c(OCc4ccc(Cl)cc4)c(Cl)c3Br)C2=O)o1. The molecule has 0 aliphatic carbocycles. The van der Waals surface area contributed by atoms with Crippen LogP contribution in [-0.2, 0) is 22.7 Å². The normalized spacial score (nSPS) is 14.2. The van der Waals surface area contributed by atoms with Crippen molar-refractivity contribution in [2.45, 2.75) is 13.2 Å². The predicted molar refractivity (Wildman–Crippen MR) is 139 cm³/mol. The van der Waals surface area contributed by atoms with Crippen molar-refractivity contribution >= 4 is 63.1 Å². The van der Waals surface area contributed by atoms with Crippen LogP contribution < -0.4 is 14.8 Å². The molecule has 37 heavy (non-hydrogen) atoms. The Bertz CT molecular complexity index is 1400. The average Bonchev–Trinajstić information content (AvgIpc) is 3.47. The van der Waals surface area contributed by atoms with Gasteiger partial charge < -0.3 is 23.9 Å². The van der Waals surface area contributed by atoms with Crippen LogP contribution in [0.3, 0.4) is 0 Å². The highest BCUT2D eigenvalue weighted by Gasteiger charge is 2.35. The van der Waals surface area contributed by atoms with Crippen molar-refractivity contribution in [2.24, 2.45) is 0 Å². The Kier molecular flexibility index (Phi) is 8.11. The van der Waals surface area contributed by atoms with Crippen LogP contribution >= 0.6 is 39.1 Å². The lowest BCUT2D eigenvalue weighted by Gasteiger charge is -2.15. The maximum Gasteiger partial charge on any atom is 0.373 e. The van der Waals surface area contributed by atoms with E-state index in [1.165, 1.54) is 32.4 Å². The predicted octanol–water partition coefficient (Wildman–Crippen LogP) is 5.82.